The van der Waals surface area contributed by atoms with Crippen molar-refractivity contribution in [1.82, 2.24) is 9.97 Å². The number of carbonyl (C=O) groups excluding carboxylic acids is 1. The second-order valence-electron chi connectivity index (χ2n) is 4.03. The molecule has 0 fully saturated rings. The number of aromatic nitrogens is 2. The fourth-order valence-electron chi connectivity index (χ4n) is 1.55. The quantitative estimate of drug-likeness (QED) is 0.645. The van der Waals surface area contributed by atoms with Crippen LogP contribution in [-0.2, 0) is 0 Å². The number of nitrogens with two attached hydrogens (primary N) is 1. The highest BCUT2D eigenvalue weighted by Gasteiger charge is 2.17. The van der Waals surface area contributed by atoms with Gasteiger partial charge in [0.25, 0.3) is 11.6 Å². The summed E-state index contributed by atoms with van der Waals surface area (Å²) in [7, 11) is 0. The number of amides is 1. The van der Waals surface area contributed by atoms with Gasteiger partial charge >= 0.3 is 0 Å². The largest absolute Gasteiger partial charge is 0.383 e. The van der Waals surface area contributed by atoms with E-state index in [1.807, 2.05) is 0 Å². The van der Waals surface area contributed by atoms with Crippen LogP contribution in [-0.4, -0.2) is 20.8 Å². The molecule has 0 aliphatic heterocycles. The van der Waals surface area contributed by atoms with Gasteiger partial charge in [-0.2, -0.15) is 0 Å². The molecular formula is C12H11N5O3. The van der Waals surface area contributed by atoms with Gasteiger partial charge in [0.05, 0.1) is 10.5 Å². The van der Waals surface area contributed by atoms with Crippen molar-refractivity contribution in [2.45, 2.75) is 6.92 Å². The summed E-state index contributed by atoms with van der Waals surface area (Å²) in [4.78, 5) is 29.7. The number of anilines is 2. The second-order valence-corrected chi connectivity index (χ2v) is 4.03. The average Bonchev–Trinajstić information content (AvgIpc) is 2.41. The van der Waals surface area contributed by atoms with E-state index in [9.17, 15) is 14.9 Å². The highest BCUT2D eigenvalue weighted by Crippen LogP contribution is 2.19. The fraction of sp³-hybridized carbons (Fsp3) is 0.0833. The van der Waals surface area contributed by atoms with Gasteiger partial charge in [-0.05, 0) is 18.6 Å². The van der Waals surface area contributed by atoms with Gasteiger partial charge in [-0.15, -0.1) is 0 Å². The Hall–Kier alpha value is -3.03. The van der Waals surface area contributed by atoms with Gasteiger partial charge in [0, 0.05) is 24.1 Å². The number of pyridine rings is 2. The Labute approximate surface area is 113 Å². The van der Waals surface area contributed by atoms with Gasteiger partial charge in [-0.1, -0.05) is 0 Å². The van der Waals surface area contributed by atoms with Gasteiger partial charge in [0.15, 0.2) is 0 Å². The highest BCUT2D eigenvalue weighted by molar-refractivity contribution is 6.07. The van der Waals surface area contributed by atoms with Crippen LogP contribution in [0.25, 0.3) is 0 Å². The Morgan fingerprint density at radius 3 is 2.85 bits per heavy atom. The summed E-state index contributed by atoms with van der Waals surface area (Å²) in [5.74, 6) is -0.632. The standard InChI is InChI=1S/C12H11N5O3/c1-7-5-14-3-2-10(7)16-12(18)9-4-8(17(19)20)6-15-11(9)13/h2-6H,1H3,(H2,13,15)(H,14,16,18). The number of nitrogens with zero attached hydrogens (tertiary/aromatic N) is 3. The van der Waals surface area contributed by atoms with E-state index in [4.69, 9.17) is 5.73 Å². The summed E-state index contributed by atoms with van der Waals surface area (Å²) in [6, 6.07) is 2.71. The summed E-state index contributed by atoms with van der Waals surface area (Å²) in [6.45, 7) is 1.78. The summed E-state index contributed by atoms with van der Waals surface area (Å²) in [5.41, 5.74) is 6.55. The van der Waals surface area contributed by atoms with Gasteiger partial charge in [0.2, 0.25) is 0 Å². The molecule has 2 rings (SSSR count). The number of nitrogen functional groups attached to an aromatic ring is 1. The molecule has 0 radical (unpaired) electrons. The summed E-state index contributed by atoms with van der Waals surface area (Å²) >= 11 is 0. The van der Waals surface area contributed by atoms with Crippen molar-refractivity contribution in [3.05, 3.63) is 52.0 Å². The first-order chi connectivity index (χ1) is 9.49. The monoisotopic (exact) mass is 273 g/mol. The minimum atomic E-state index is -0.638. The molecule has 0 saturated carbocycles. The van der Waals surface area contributed by atoms with Crippen LogP contribution < -0.4 is 11.1 Å². The fourth-order valence-corrected chi connectivity index (χ4v) is 1.55. The first kappa shape index (κ1) is 13.4. The molecule has 0 spiro atoms. The van der Waals surface area contributed by atoms with E-state index in [1.54, 1.807) is 19.2 Å². The Kier molecular flexibility index (Phi) is 3.56. The molecule has 0 aliphatic rings. The second kappa shape index (κ2) is 5.31. The Balaban J connectivity index is 2.32. The lowest BCUT2D eigenvalue weighted by Gasteiger charge is -2.08. The summed E-state index contributed by atoms with van der Waals surface area (Å²) in [6.07, 6.45) is 4.12. The zero-order chi connectivity index (χ0) is 14.7. The zero-order valence-corrected chi connectivity index (χ0v) is 10.5. The third-order valence-corrected chi connectivity index (χ3v) is 2.63. The lowest BCUT2D eigenvalue weighted by atomic mass is 10.2. The van der Waals surface area contributed by atoms with Crippen molar-refractivity contribution in [2.75, 3.05) is 11.1 Å². The zero-order valence-electron chi connectivity index (χ0n) is 10.5. The van der Waals surface area contributed by atoms with Gasteiger partial charge in [-0.3, -0.25) is 19.9 Å². The van der Waals surface area contributed by atoms with Crippen molar-refractivity contribution in [3.8, 4) is 0 Å². The molecule has 102 valence electrons. The SMILES string of the molecule is Cc1cnccc1NC(=O)c1cc([N+](=O)[O-])cnc1N. The van der Waals surface area contributed by atoms with Crippen LogP contribution in [0, 0.1) is 17.0 Å². The molecule has 2 heterocycles. The maximum absolute atomic E-state index is 12.1. The van der Waals surface area contributed by atoms with Gasteiger partial charge in [-0.25, -0.2) is 4.98 Å². The molecule has 0 atom stereocenters. The highest BCUT2D eigenvalue weighted by atomic mass is 16.6. The van der Waals surface area contributed by atoms with Crippen LogP contribution in [0.4, 0.5) is 17.2 Å². The predicted molar refractivity (Wildman–Crippen MR) is 72.2 cm³/mol. The number of nitro groups is 1. The molecule has 0 bridgehead atoms. The normalized spacial score (nSPS) is 10.1. The Bertz CT molecular complexity index is 687. The van der Waals surface area contributed by atoms with Crippen LogP contribution in [0.2, 0.25) is 0 Å². The Morgan fingerprint density at radius 2 is 2.20 bits per heavy atom. The van der Waals surface area contributed by atoms with Crippen molar-refractivity contribution >= 4 is 23.1 Å². The molecule has 2 aromatic heterocycles. The molecule has 0 unspecified atom stereocenters. The van der Waals surface area contributed by atoms with E-state index in [2.05, 4.69) is 15.3 Å². The maximum atomic E-state index is 12.1. The van der Waals surface area contributed by atoms with Crippen molar-refractivity contribution in [3.63, 3.8) is 0 Å². The number of nitrogens with one attached hydrogen (secondary N) is 1. The molecule has 8 heteroatoms. The number of carbonyl (C=O) groups is 1. The van der Waals surface area contributed by atoms with Crippen LogP contribution in [0.5, 0.6) is 0 Å². The topological polar surface area (TPSA) is 124 Å². The number of hydrogen-bond donors (Lipinski definition) is 2. The van der Waals surface area contributed by atoms with Crippen LogP contribution in [0.15, 0.2) is 30.7 Å². The number of rotatable bonds is 3. The van der Waals surface area contributed by atoms with Crippen molar-refractivity contribution < 1.29 is 9.72 Å². The molecule has 20 heavy (non-hydrogen) atoms. The minimum absolute atomic E-state index is 0.0459. The summed E-state index contributed by atoms with van der Waals surface area (Å²) in [5, 5.41) is 13.3. The van der Waals surface area contributed by atoms with E-state index in [1.165, 1.54) is 6.20 Å². The van der Waals surface area contributed by atoms with E-state index in [-0.39, 0.29) is 17.1 Å². The van der Waals surface area contributed by atoms with E-state index in [0.717, 1.165) is 17.8 Å². The first-order valence-corrected chi connectivity index (χ1v) is 5.61. The molecule has 2 aromatic rings. The molecule has 1 amide bonds. The molecule has 0 aliphatic carbocycles. The van der Waals surface area contributed by atoms with Crippen LogP contribution >= 0.6 is 0 Å². The van der Waals surface area contributed by atoms with Gasteiger partial charge in [0.1, 0.15) is 12.0 Å². The maximum Gasteiger partial charge on any atom is 0.288 e. The lowest BCUT2D eigenvalue weighted by Crippen LogP contribution is -2.16. The average molecular weight is 273 g/mol. The lowest BCUT2D eigenvalue weighted by molar-refractivity contribution is -0.385. The van der Waals surface area contributed by atoms with Crippen molar-refractivity contribution in [2.24, 2.45) is 0 Å². The van der Waals surface area contributed by atoms with Crippen LogP contribution in [0.1, 0.15) is 15.9 Å². The minimum Gasteiger partial charge on any atom is -0.383 e. The number of aryl methyl sites for hydroxylation is 1. The smallest absolute Gasteiger partial charge is 0.288 e. The van der Waals surface area contributed by atoms with Gasteiger partial charge < -0.3 is 11.1 Å². The third-order valence-electron chi connectivity index (χ3n) is 2.63. The van der Waals surface area contributed by atoms with Crippen molar-refractivity contribution in [1.29, 1.82) is 0 Å². The van der Waals surface area contributed by atoms with Crippen LogP contribution in [0.3, 0.4) is 0 Å². The predicted octanol–water partition coefficient (Wildman–Crippen LogP) is 1.53. The number of hydrogen-bond acceptors (Lipinski definition) is 6. The Morgan fingerprint density at radius 1 is 1.45 bits per heavy atom. The third kappa shape index (κ3) is 2.69. The van der Waals surface area contributed by atoms with E-state index in [0.29, 0.717) is 5.69 Å². The molecule has 0 saturated heterocycles. The molecule has 8 nitrogen and oxygen atoms in total. The van der Waals surface area contributed by atoms with E-state index < -0.39 is 10.8 Å². The first-order valence-electron chi connectivity index (χ1n) is 5.61. The molecule has 0 aromatic carbocycles. The summed E-state index contributed by atoms with van der Waals surface area (Å²) < 4.78 is 0. The van der Waals surface area contributed by atoms with E-state index >= 15 is 0 Å². The molecular weight excluding hydrogens is 262 g/mol. The molecule has 3 N–H and O–H groups in total.